The number of pyridine rings is 1. The number of thiazole rings is 1. The molecule has 200 valence electrons. The van der Waals surface area contributed by atoms with Gasteiger partial charge in [0.25, 0.3) is 5.56 Å². The van der Waals surface area contributed by atoms with Crippen molar-refractivity contribution >= 4 is 38.6 Å². The molecule has 3 heterocycles. The van der Waals surface area contributed by atoms with Gasteiger partial charge >= 0.3 is 0 Å². The molecule has 4 aromatic rings. The number of fused-ring (bicyclic) bond motifs is 1. The number of halogens is 1. The van der Waals surface area contributed by atoms with Gasteiger partial charge in [-0.15, -0.1) is 0 Å². The molecule has 0 bridgehead atoms. The minimum Gasteiger partial charge on any atom is -0.395 e. The molecule has 8 nitrogen and oxygen atoms in total. The number of anilines is 3. The van der Waals surface area contributed by atoms with E-state index in [0.29, 0.717) is 33.2 Å². The number of nitrogens with zero attached hydrogens (tertiary/aromatic N) is 6. The molecular weight excluding hydrogens is 515 g/mol. The first-order valence-corrected chi connectivity index (χ1v) is 14.0. The molecule has 0 amide bonds. The van der Waals surface area contributed by atoms with Crippen LogP contribution in [0.2, 0.25) is 0 Å². The molecule has 1 aliphatic carbocycles. The van der Waals surface area contributed by atoms with E-state index in [1.807, 2.05) is 34.8 Å². The number of hydrogen-bond donors (Lipinski definition) is 1. The minimum absolute atomic E-state index is 0.00724. The Morgan fingerprint density at radius 1 is 1.13 bits per heavy atom. The quantitative estimate of drug-likeness (QED) is 0.370. The Balaban J connectivity index is 1.42. The van der Waals surface area contributed by atoms with Crippen molar-refractivity contribution in [2.75, 3.05) is 56.2 Å². The Kier molecular flexibility index (Phi) is 6.81. The lowest BCUT2D eigenvalue weighted by atomic mass is 10.1. The van der Waals surface area contributed by atoms with Crippen molar-refractivity contribution in [2.45, 2.75) is 18.9 Å². The van der Waals surface area contributed by atoms with Gasteiger partial charge in [-0.05, 0) is 55.3 Å². The fraction of sp³-hybridized carbons (Fsp3) is 0.345. The van der Waals surface area contributed by atoms with Crippen LogP contribution in [0, 0.1) is 17.1 Å². The van der Waals surface area contributed by atoms with Crippen LogP contribution in [0.1, 0.15) is 23.8 Å². The van der Waals surface area contributed by atoms with E-state index in [1.54, 1.807) is 12.1 Å². The van der Waals surface area contributed by atoms with Gasteiger partial charge in [0.05, 0.1) is 12.3 Å². The summed E-state index contributed by atoms with van der Waals surface area (Å²) in [6.07, 6.45) is 3.89. The van der Waals surface area contributed by atoms with Crippen LogP contribution in [0.15, 0.2) is 53.5 Å². The molecule has 1 saturated heterocycles. The number of rotatable bonds is 7. The summed E-state index contributed by atoms with van der Waals surface area (Å²) in [6, 6.07) is 14.5. The molecule has 2 fully saturated rings. The van der Waals surface area contributed by atoms with Crippen LogP contribution < -0.4 is 15.4 Å². The maximum absolute atomic E-state index is 13.5. The second-order valence-electron chi connectivity index (χ2n) is 10.1. The lowest BCUT2D eigenvalue weighted by Gasteiger charge is -2.36. The van der Waals surface area contributed by atoms with Gasteiger partial charge in [-0.1, -0.05) is 11.3 Å². The number of hydrogen-bond acceptors (Lipinski definition) is 8. The van der Waals surface area contributed by atoms with Crippen LogP contribution >= 0.6 is 11.3 Å². The summed E-state index contributed by atoms with van der Waals surface area (Å²) in [5.41, 5.74) is 3.10. The summed E-state index contributed by atoms with van der Waals surface area (Å²) in [7, 11) is 1.91. The normalized spacial score (nSPS) is 16.0. The van der Waals surface area contributed by atoms with Gasteiger partial charge in [-0.3, -0.25) is 9.69 Å². The summed E-state index contributed by atoms with van der Waals surface area (Å²) in [4.78, 5) is 25.2. The molecule has 10 heteroatoms. The van der Waals surface area contributed by atoms with Crippen molar-refractivity contribution in [1.29, 1.82) is 5.26 Å². The maximum Gasteiger partial charge on any atom is 0.258 e. The topological polar surface area (TPSA) is 88.6 Å². The fourth-order valence-corrected chi connectivity index (χ4v) is 6.08. The van der Waals surface area contributed by atoms with Gasteiger partial charge in [-0.25, -0.2) is 9.37 Å². The summed E-state index contributed by atoms with van der Waals surface area (Å²) < 4.78 is 15.3. The predicted octanol–water partition coefficient (Wildman–Crippen LogP) is 4.35. The van der Waals surface area contributed by atoms with Crippen molar-refractivity contribution in [3.05, 3.63) is 69.7 Å². The summed E-state index contributed by atoms with van der Waals surface area (Å²) >= 11 is 1.28. The monoisotopic (exact) mass is 544 g/mol. The van der Waals surface area contributed by atoms with Gasteiger partial charge in [-0.2, -0.15) is 5.26 Å². The number of β-amino-alcohol motifs (C(OH)–C–C–N with tert-alkyl or cyclic N) is 1. The van der Waals surface area contributed by atoms with E-state index in [9.17, 15) is 19.6 Å². The number of aromatic nitrogens is 2. The van der Waals surface area contributed by atoms with Crippen LogP contribution in [0.4, 0.5) is 20.9 Å². The standard InChI is InChI=1S/C29H29FN6O2S/c1-33(29-32-27(26(17-31)39-29)19-2-4-20(30)5-3-19)25-18-36(21-6-7-21)28(38)23-9-8-22(16-24(23)25)35-12-10-34(11-13-35)14-15-37/h2-5,8-9,16,18,21,37H,6-7,10-15H2,1H3. The highest BCUT2D eigenvalue weighted by Gasteiger charge is 2.28. The molecule has 1 aliphatic heterocycles. The molecular formula is C29H29FN6O2S. The first kappa shape index (κ1) is 25.5. The van der Waals surface area contributed by atoms with E-state index in [1.165, 1.54) is 23.5 Å². The number of aliphatic hydroxyl groups excluding tert-OH is 1. The summed E-state index contributed by atoms with van der Waals surface area (Å²) in [5, 5.41) is 21.2. The van der Waals surface area contributed by atoms with Crippen molar-refractivity contribution in [1.82, 2.24) is 14.5 Å². The second kappa shape index (κ2) is 10.4. The van der Waals surface area contributed by atoms with E-state index >= 15 is 0 Å². The molecule has 6 rings (SSSR count). The van der Waals surface area contributed by atoms with E-state index in [2.05, 4.69) is 21.9 Å². The van der Waals surface area contributed by atoms with Gasteiger partial charge < -0.3 is 19.5 Å². The van der Waals surface area contributed by atoms with Crippen molar-refractivity contribution in [3.63, 3.8) is 0 Å². The highest BCUT2D eigenvalue weighted by molar-refractivity contribution is 7.16. The molecule has 39 heavy (non-hydrogen) atoms. The lowest BCUT2D eigenvalue weighted by Crippen LogP contribution is -2.47. The zero-order chi connectivity index (χ0) is 27.1. The number of nitriles is 1. The Morgan fingerprint density at radius 2 is 1.87 bits per heavy atom. The molecule has 2 aromatic carbocycles. The third-order valence-electron chi connectivity index (χ3n) is 7.58. The minimum atomic E-state index is -0.343. The van der Waals surface area contributed by atoms with E-state index in [0.717, 1.165) is 55.8 Å². The van der Waals surface area contributed by atoms with Gasteiger partial charge in [0, 0.05) is 74.0 Å². The van der Waals surface area contributed by atoms with Gasteiger partial charge in [0.15, 0.2) is 5.13 Å². The van der Waals surface area contributed by atoms with Crippen LogP contribution in [0.25, 0.3) is 22.0 Å². The van der Waals surface area contributed by atoms with Crippen molar-refractivity contribution in [2.24, 2.45) is 0 Å². The predicted molar refractivity (Wildman–Crippen MR) is 153 cm³/mol. The molecule has 0 atom stereocenters. The average Bonchev–Trinajstić information content (AvgIpc) is 3.71. The fourth-order valence-electron chi connectivity index (χ4n) is 5.22. The second-order valence-corrected chi connectivity index (χ2v) is 11.1. The largest absolute Gasteiger partial charge is 0.395 e. The SMILES string of the molecule is CN(c1nc(-c2ccc(F)cc2)c(C#N)s1)c1cn(C2CC2)c(=O)c2ccc(N3CCN(CCO)CC3)cc12. The highest BCUT2D eigenvalue weighted by Crippen LogP contribution is 2.40. The maximum atomic E-state index is 13.5. The summed E-state index contributed by atoms with van der Waals surface area (Å²) in [5.74, 6) is -0.343. The third-order valence-corrected chi connectivity index (χ3v) is 8.62. The molecule has 0 radical (unpaired) electrons. The number of piperazine rings is 1. The van der Waals surface area contributed by atoms with Crippen LogP contribution in [-0.4, -0.2) is 65.9 Å². The Bertz CT molecular complexity index is 1610. The highest BCUT2D eigenvalue weighted by atomic mass is 32.1. The van der Waals surface area contributed by atoms with Crippen molar-refractivity contribution < 1.29 is 9.50 Å². The first-order chi connectivity index (χ1) is 19.0. The average molecular weight is 545 g/mol. The van der Waals surface area contributed by atoms with Crippen LogP contribution in [0.3, 0.4) is 0 Å². The first-order valence-electron chi connectivity index (χ1n) is 13.1. The third kappa shape index (κ3) is 4.89. The molecule has 0 unspecified atom stereocenters. The van der Waals surface area contributed by atoms with Crippen LogP contribution in [-0.2, 0) is 0 Å². The summed E-state index contributed by atoms with van der Waals surface area (Å²) in [6.45, 7) is 4.27. The molecule has 0 spiro atoms. The van der Waals surface area contributed by atoms with E-state index < -0.39 is 0 Å². The van der Waals surface area contributed by atoms with Crippen molar-refractivity contribution in [3.8, 4) is 17.3 Å². The van der Waals surface area contributed by atoms with E-state index in [4.69, 9.17) is 4.98 Å². The lowest BCUT2D eigenvalue weighted by molar-refractivity contribution is 0.189. The molecule has 1 N–H and O–H groups in total. The van der Waals surface area contributed by atoms with Gasteiger partial charge in [0.1, 0.15) is 22.5 Å². The number of aliphatic hydroxyl groups is 1. The number of benzene rings is 2. The Hall–Kier alpha value is -3.78. The Labute approximate surface area is 229 Å². The van der Waals surface area contributed by atoms with E-state index in [-0.39, 0.29) is 24.0 Å². The smallest absolute Gasteiger partial charge is 0.258 e. The van der Waals surface area contributed by atoms with Crippen LogP contribution in [0.5, 0.6) is 0 Å². The Morgan fingerprint density at radius 3 is 2.54 bits per heavy atom. The zero-order valence-corrected chi connectivity index (χ0v) is 22.5. The molecule has 1 saturated carbocycles. The molecule has 2 aromatic heterocycles. The zero-order valence-electron chi connectivity index (χ0n) is 21.7. The molecule has 2 aliphatic rings. The van der Waals surface area contributed by atoms with Gasteiger partial charge in [0.2, 0.25) is 0 Å².